The Bertz CT molecular complexity index is 2350. The molecule has 0 saturated heterocycles. The standard InChI is InChI=1S/C51H47N3/c1-3-5-16-44-30-40-19-8-9-20-42(40)33-48(44)45-23-12-25-47(32-45)51-53-49(37(4-2)21-10-14-36-15-13-28-52-35-36)34-50(54-51)46-24-11-22-41(31-46)43-27-26-38-17-6-7-18-39(38)29-43/h3-4,6-10,12-14,17-20,23-37,40,42H,1-2,5,11,15-16,21-22H2/b14-10+/t36?,37-,40?,42?/m0/s1. The third-order valence-electron chi connectivity index (χ3n) is 11.0. The lowest BCUT2D eigenvalue weighted by Gasteiger charge is -2.28. The van der Waals surface area contributed by atoms with Gasteiger partial charge in [0.2, 0.25) is 0 Å². The minimum Gasteiger partial charge on any atom is -0.269 e. The first kappa shape index (κ1) is 35.1. The summed E-state index contributed by atoms with van der Waals surface area (Å²) in [6.45, 7) is 8.29. The minimum atomic E-state index is 0.0340. The van der Waals surface area contributed by atoms with Crippen molar-refractivity contribution in [2.24, 2.45) is 22.7 Å². The lowest BCUT2D eigenvalue weighted by Crippen LogP contribution is -2.14. The summed E-state index contributed by atoms with van der Waals surface area (Å²) in [7, 11) is 0. The summed E-state index contributed by atoms with van der Waals surface area (Å²) in [5.74, 6) is 1.84. The Kier molecular flexibility index (Phi) is 10.7. The first-order chi connectivity index (χ1) is 26.6. The molecule has 3 heteroatoms. The molecule has 3 aliphatic carbocycles. The average Bonchev–Trinajstić information content (AvgIpc) is 3.24. The Balaban J connectivity index is 1.18. The lowest BCUT2D eigenvalue weighted by molar-refractivity contribution is 0.653. The van der Waals surface area contributed by atoms with Gasteiger partial charge in [0.1, 0.15) is 0 Å². The molecule has 0 spiro atoms. The van der Waals surface area contributed by atoms with Crippen molar-refractivity contribution in [3.05, 3.63) is 199 Å². The van der Waals surface area contributed by atoms with Crippen molar-refractivity contribution < 1.29 is 0 Å². The van der Waals surface area contributed by atoms with Gasteiger partial charge in [-0.1, -0.05) is 128 Å². The largest absolute Gasteiger partial charge is 0.269 e. The maximum Gasteiger partial charge on any atom is 0.160 e. The maximum absolute atomic E-state index is 5.33. The van der Waals surface area contributed by atoms with E-state index in [0.29, 0.717) is 17.8 Å². The number of nitrogens with zero attached hydrogens (tertiary/aromatic N) is 3. The van der Waals surface area contributed by atoms with Crippen LogP contribution in [-0.2, 0) is 0 Å². The highest BCUT2D eigenvalue weighted by Crippen LogP contribution is 2.40. The molecule has 1 aliphatic heterocycles. The van der Waals surface area contributed by atoms with Gasteiger partial charge in [-0.05, 0) is 107 Å². The maximum atomic E-state index is 5.33. The lowest BCUT2D eigenvalue weighted by atomic mass is 9.77. The zero-order valence-electron chi connectivity index (χ0n) is 30.9. The van der Waals surface area contributed by atoms with E-state index in [-0.39, 0.29) is 5.92 Å². The van der Waals surface area contributed by atoms with Gasteiger partial charge in [-0.3, -0.25) is 4.99 Å². The Hall–Kier alpha value is -5.93. The van der Waals surface area contributed by atoms with Crippen molar-refractivity contribution in [2.75, 3.05) is 0 Å². The molecule has 266 valence electrons. The number of fused-ring (bicyclic) bond motifs is 2. The fraction of sp³-hybridized carbons (Fsp3) is 0.196. The molecule has 8 rings (SSSR count). The van der Waals surface area contributed by atoms with Gasteiger partial charge in [0.15, 0.2) is 5.82 Å². The summed E-state index contributed by atoms with van der Waals surface area (Å²) in [6.07, 6.45) is 38.8. The topological polar surface area (TPSA) is 38.1 Å². The summed E-state index contributed by atoms with van der Waals surface area (Å²) in [5, 5.41) is 2.52. The van der Waals surface area contributed by atoms with Crippen LogP contribution in [0, 0.1) is 17.8 Å². The molecule has 0 bridgehead atoms. The molecule has 4 aromatic rings. The number of hydrogen-bond donors (Lipinski definition) is 0. The van der Waals surface area contributed by atoms with Gasteiger partial charge < -0.3 is 0 Å². The molecule has 0 radical (unpaired) electrons. The number of allylic oxidation sites excluding steroid dienone is 17. The van der Waals surface area contributed by atoms with E-state index >= 15 is 0 Å². The molecule has 54 heavy (non-hydrogen) atoms. The minimum absolute atomic E-state index is 0.0340. The summed E-state index contributed by atoms with van der Waals surface area (Å²) in [6, 6.07) is 26.4. The van der Waals surface area contributed by atoms with E-state index < -0.39 is 0 Å². The monoisotopic (exact) mass is 701 g/mol. The number of aliphatic imine (C=N–C) groups is 1. The van der Waals surface area contributed by atoms with E-state index in [9.17, 15) is 0 Å². The van der Waals surface area contributed by atoms with Crippen LogP contribution < -0.4 is 0 Å². The SMILES string of the molecule is C=CCCC1=CC2C=CC=CC2C=C1c1cccc(-c2nc(C3=CCCC(c4ccc5ccccc5c4)=C3)cc([C@@H](C=C)C/C=C/C3C=NC=CC3)n2)c1. The van der Waals surface area contributed by atoms with Crippen molar-refractivity contribution in [3.8, 4) is 11.4 Å². The van der Waals surface area contributed by atoms with Gasteiger partial charge in [-0.2, -0.15) is 0 Å². The highest BCUT2D eigenvalue weighted by Gasteiger charge is 2.24. The molecule has 0 N–H and O–H groups in total. The van der Waals surface area contributed by atoms with E-state index in [1.165, 1.54) is 38.6 Å². The fourth-order valence-electron chi connectivity index (χ4n) is 7.98. The molecule has 1 aromatic heterocycles. The van der Waals surface area contributed by atoms with E-state index in [4.69, 9.17) is 9.97 Å². The zero-order chi connectivity index (χ0) is 36.7. The molecule has 4 aliphatic rings. The summed E-state index contributed by atoms with van der Waals surface area (Å²) in [4.78, 5) is 15.0. The van der Waals surface area contributed by atoms with E-state index in [1.807, 2.05) is 24.6 Å². The number of rotatable bonds is 12. The van der Waals surface area contributed by atoms with Crippen LogP contribution in [0.5, 0.6) is 0 Å². The van der Waals surface area contributed by atoms with Crippen LogP contribution in [0.3, 0.4) is 0 Å². The molecule has 3 nitrogen and oxygen atoms in total. The van der Waals surface area contributed by atoms with Crippen molar-refractivity contribution in [3.63, 3.8) is 0 Å². The smallest absolute Gasteiger partial charge is 0.160 e. The third-order valence-corrected chi connectivity index (χ3v) is 11.0. The van der Waals surface area contributed by atoms with Crippen LogP contribution in [0.4, 0.5) is 0 Å². The highest BCUT2D eigenvalue weighted by atomic mass is 14.9. The Morgan fingerprint density at radius 2 is 1.69 bits per heavy atom. The number of aromatic nitrogens is 2. The summed E-state index contributed by atoms with van der Waals surface area (Å²) < 4.78 is 0. The van der Waals surface area contributed by atoms with Crippen LogP contribution in [0.2, 0.25) is 0 Å². The van der Waals surface area contributed by atoms with E-state index in [2.05, 4.69) is 158 Å². The predicted octanol–water partition coefficient (Wildman–Crippen LogP) is 13.0. The molecule has 0 amide bonds. The quantitative estimate of drug-likeness (QED) is 0.138. The highest BCUT2D eigenvalue weighted by molar-refractivity contribution is 5.90. The van der Waals surface area contributed by atoms with Crippen molar-refractivity contribution in [1.82, 2.24) is 9.97 Å². The molecular formula is C51H47N3. The molecule has 4 atom stereocenters. The fourth-order valence-corrected chi connectivity index (χ4v) is 7.98. The Morgan fingerprint density at radius 3 is 2.52 bits per heavy atom. The normalized spacial score (nSPS) is 20.9. The number of hydrogen-bond acceptors (Lipinski definition) is 3. The second-order valence-corrected chi connectivity index (χ2v) is 14.6. The Labute approximate surface area is 320 Å². The zero-order valence-corrected chi connectivity index (χ0v) is 30.9. The van der Waals surface area contributed by atoms with Crippen LogP contribution in [0.1, 0.15) is 67.0 Å². The molecule has 0 saturated carbocycles. The average molecular weight is 702 g/mol. The van der Waals surface area contributed by atoms with Gasteiger partial charge in [0.25, 0.3) is 0 Å². The molecule has 3 unspecified atom stereocenters. The van der Waals surface area contributed by atoms with Gasteiger partial charge >= 0.3 is 0 Å². The van der Waals surface area contributed by atoms with Crippen LogP contribution in [0.15, 0.2) is 182 Å². The van der Waals surface area contributed by atoms with Crippen LogP contribution in [-0.4, -0.2) is 16.2 Å². The van der Waals surface area contributed by atoms with Crippen LogP contribution in [0.25, 0.3) is 38.9 Å². The predicted molar refractivity (Wildman–Crippen MR) is 230 cm³/mol. The molecule has 0 fully saturated rings. The molecular weight excluding hydrogens is 655 g/mol. The van der Waals surface area contributed by atoms with Gasteiger partial charge in [0.05, 0.1) is 11.4 Å². The summed E-state index contributed by atoms with van der Waals surface area (Å²) >= 11 is 0. The van der Waals surface area contributed by atoms with Crippen molar-refractivity contribution in [2.45, 2.75) is 44.4 Å². The van der Waals surface area contributed by atoms with Crippen molar-refractivity contribution >= 4 is 33.7 Å². The van der Waals surface area contributed by atoms with Crippen molar-refractivity contribution in [1.29, 1.82) is 0 Å². The van der Waals surface area contributed by atoms with E-state index in [1.54, 1.807) is 0 Å². The third kappa shape index (κ3) is 7.87. The first-order valence-electron chi connectivity index (χ1n) is 19.4. The second-order valence-electron chi connectivity index (χ2n) is 14.6. The van der Waals surface area contributed by atoms with Crippen LogP contribution >= 0.6 is 0 Å². The Morgan fingerprint density at radius 1 is 0.833 bits per heavy atom. The molecule has 3 aromatic carbocycles. The summed E-state index contributed by atoms with van der Waals surface area (Å²) in [5.41, 5.74) is 10.6. The first-order valence-corrected chi connectivity index (χ1v) is 19.4. The molecule has 2 heterocycles. The second kappa shape index (κ2) is 16.4. The number of benzene rings is 3. The van der Waals surface area contributed by atoms with Gasteiger partial charge in [0, 0.05) is 41.6 Å². The van der Waals surface area contributed by atoms with Gasteiger partial charge in [-0.25, -0.2) is 9.97 Å². The van der Waals surface area contributed by atoms with E-state index in [0.717, 1.165) is 66.9 Å². The van der Waals surface area contributed by atoms with Gasteiger partial charge in [-0.15, -0.1) is 13.2 Å².